The van der Waals surface area contributed by atoms with Crippen molar-refractivity contribution in [3.05, 3.63) is 77.4 Å². The summed E-state index contributed by atoms with van der Waals surface area (Å²) >= 11 is 0. The van der Waals surface area contributed by atoms with Crippen LogP contribution in [0.25, 0.3) is 0 Å². The first kappa shape index (κ1) is 16.5. The van der Waals surface area contributed by atoms with E-state index in [9.17, 15) is 9.59 Å². The molecule has 0 atom stereocenters. The van der Waals surface area contributed by atoms with Gasteiger partial charge in [-0.15, -0.1) is 0 Å². The van der Waals surface area contributed by atoms with Gasteiger partial charge in [0.1, 0.15) is 5.75 Å². The summed E-state index contributed by atoms with van der Waals surface area (Å²) in [7, 11) is 0. The maximum Gasteiger partial charge on any atom is 0.343 e. The number of amides is 1. The maximum absolute atomic E-state index is 12.1. The maximum atomic E-state index is 12.1. The molecule has 23 heavy (non-hydrogen) atoms. The van der Waals surface area contributed by atoms with E-state index in [1.54, 1.807) is 30.3 Å². The lowest BCUT2D eigenvalue weighted by Gasteiger charge is -2.08. The number of aryl methyl sites for hydroxylation is 2. The zero-order chi connectivity index (χ0) is 16.8. The first-order chi connectivity index (χ1) is 11.0. The molecule has 0 spiro atoms. The zero-order valence-electron chi connectivity index (χ0n) is 13.3. The van der Waals surface area contributed by atoms with Gasteiger partial charge in [0.05, 0.1) is 5.56 Å². The summed E-state index contributed by atoms with van der Waals surface area (Å²) in [5.41, 5.74) is 3.57. The van der Waals surface area contributed by atoms with Crippen molar-refractivity contribution in [2.45, 2.75) is 20.4 Å². The fourth-order valence-corrected chi connectivity index (χ4v) is 1.96. The van der Waals surface area contributed by atoms with Gasteiger partial charge in [-0.1, -0.05) is 24.8 Å². The second kappa shape index (κ2) is 7.40. The average molecular weight is 309 g/mol. The highest BCUT2D eigenvalue weighted by atomic mass is 16.5. The monoisotopic (exact) mass is 309 g/mol. The van der Waals surface area contributed by atoms with Gasteiger partial charge < -0.3 is 10.1 Å². The van der Waals surface area contributed by atoms with Crippen LogP contribution in [0.15, 0.2) is 55.1 Å². The molecule has 0 aliphatic heterocycles. The number of carbonyl (C=O) groups is 2. The Kier molecular flexibility index (Phi) is 5.31. The van der Waals surface area contributed by atoms with Gasteiger partial charge in [0.15, 0.2) is 0 Å². The van der Waals surface area contributed by atoms with Crippen molar-refractivity contribution in [1.82, 2.24) is 5.32 Å². The molecule has 2 aromatic rings. The zero-order valence-corrected chi connectivity index (χ0v) is 13.3. The fourth-order valence-electron chi connectivity index (χ4n) is 1.96. The Labute approximate surface area is 135 Å². The number of rotatable bonds is 5. The van der Waals surface area contributed by atoms with Crippen LogP contribution in [-0.2, 0) is 11.3 Å². The van der Waals surface area contributed by atoms with Gasteiger partial charge in [-0.05, 0) is 60.9 Å². The number of carbonyl (C=O) groups excluding carboxylic acids is 2. The van der Waals surface area contributed by atoms with Crippen molar-refractivity contribution in [2.24, 2.45) is 0 Å². The summed E-state index contributed by atoms with van der Waals surface area (Å²) < 4.78 is 5.37. The lowest BCUT2D eigenvalue weighted by molar-refractivity contribution is -0.116. The van der Waals surface area contributed by atoms with Gasteiger partial charge in [-0.2, -0.15) is 0 Å². The largest absolute Gasteiger partial charge is 0.423 e. The van der Waals surface area contributed by atoms with Crippen LogP contribution in [0.1, 0.15) is 27.0 Å². The molecule has 2 rings (SSSR count). The van der Waals surface area contributed by atoms with Crippen LogP contribution in [0, 0.1) is 13.8 Å². The Morgan fingerprint density at radius 1 is 1.09 bits per heavy atom. The molecule has 4 nitrogen and oxygen atoms in total. The Hall–Kier alpha value is -2.88. The summed E-state index contributed by atoms with van der Waals surface area (Å²) in [6.45, 7) is 7.75. The minimum absolute atomic E-state index is 0.233. The number of hydrogen-bond donors (Lipinski definition) is 1. The Morgan fingerprint density at radius 3 is 2.39 bits per heavy atom. The molecule has 0 saturated carbocycles. The number of esters is 1. The SMILES string of the molecule is C=CC(=O)NCc1ccc(C(=O)Oc2ccc(C)c(C)c2)cc1. The molecular weight excluding hydrogens is 290 g/mol. The quantitative estimate of drug-likeness (QED) is 0.523. The van der Waals surface area contributed by atoms with Crippen molar-refractivity contribution in [1.29, 1.82) is 0 Å². The first-order valence-electron chi connectivity index (χ1n) is 7.28. The lowest BCUT2D eigenvalue weighted by atomic mass is 10.1. The predicted octanol–water partition coefficient (Wildman–Crippen LogP) is 3.32. The van der Waals surface area contributed by atoms with Crippen LogP contribution in [0.2, 0.25) is 0 Å². The number of hydrogen-bond acceptors (Lipinski definition) is 3. The molecular formula is C19H19NO3. The standard InChI is InChI=1S/C19H19NO3/c1-4-18(21)20-12-15-6-8-16(9-7-15)19(22)23-17-10-5-13(2)14(3)11-17/h4-11H,1,12H2,2-3H3,(H,20,21). The summed E-state index contributed by atoms with van der Waals surface area (Å²) in [5.74, 6) is -0.112. The molecule has 0 bridgehead atoms. The summed E-state index contributed by atoms with van der Waals surface area (Å²) in [4.78, 5) is 23.2. The molecule has 0 fully saturated rings. The van der Waals surface area contributed by atoms with Gasteiger partial charge in [0.25, 0.3) is 0 Å². The molecule has 0 unspecified atom stereocenters. The van der Waals surface area contributed by atoms with E-state index >= 15 is 0 Å². The topological polar surface area (TPSA) is 55.4 Å². The van der Waals surface area contributed by atoms with E-state index in [0.717, 1.165) is 16.7 Å². The highest BCUT2D eigenvalue weighted by Gasteiger charge is 2.09. The molecule has 118 valence electrons. The minimum Gasteiger partial charge on any atom is -0.423 e. The summed E-state index contributed by atoms with van der Waals surface area (Å²) in [5, 5.41) is 2.68. The molecule has 0 heterocycles. The van der Waals surface area contributed by atoms with Crippen molar-refractivity contribution < 1.29 is 14.3 Å². The molecule has 1 amide bonds. The van der Waals surface area contributed by atoms with Gasteiger partial charge in [-0.25, -0.2) is 4.79 Å². The van der Waals surface area contributed by atoms with Crippen molar-refractivity contribution in [2.75, 3.05) is 0 Å². The van der Waals surface area contributed by atoms with Gasteiger partial charge >= 0.3 is 5.97 Å². The third kappa shape index (κ3) is 4.54. The number of ether oxygens (including phenoxy) is 1. The van der Waals surface area contributed by atoms with Gasteiger partial charge in [0, 0.05) is 6.54 Å². The molecule has 0 aromatic heterocycles. The number of nitrogens with one attached hydrogen (secondary N) is 1. The van der Waals surface area contributed by atoms with Crippen LogP contribution in [-0.4, -0.2) is 11.9 Å². The van der Waals surface area contributed by atoms with Crippen molar-refractivity contribution in [3.63, 3.8) is 0 Å². The van der Waals surface area contributed by atoms with Crippen LogP contribution in [0.3, 0.4) is 0 Å². The van der Waals surface area contributed by atoms with E-state index < -0.39 is 5.97 Å². The van der Waals surface area contributed by atoms with E-state index in [-0.39, 0.29) is 5.91 Å². The molecule has 0 aliphatic rings. The molecule has 0 saturated heterocycles. The van der Waals surface area contributed by atoms with E-state index in [1.807, 2.05) is 26.0 Å². The normalized spacial score (nSPS) is 10.0. The molecule has 0 radical (unpaired) electrons. The van der Waals surface area contributed by atoms with Crippen molar-refractivity contribution in [3.8, 4) is 5.75 Å². The van der Waals surface area contributed by atoms with E-state index in [1.165, 1.54) is 6.08 Å². The highest BCUT2D eigenvalue weighted by Crippen LogP contribution is 2.18. The van der Waals surface area contributed by atoms with E-state index in [2.05, 4.69) is 11.9 Å². The van der Waals surface area contributed by atoms with Crippen LogP contribution in [0.5, 0.6) is 5.75 Å². The fraction of sp³-hybridized carbons (Fsp3) is 0.158. The smallest absolute Gasteiger partial charge is 0.343 e. The van der Waals surface area contributed by atoms with E-state index in [4.69, 9.17) is 4.74 Å². The van der Waals surface area contributed by atoms with Crippen LogP contribution < -0.4 is 10.1 Å². The molecule has 2 aromatic carbocycles. The average Bonchev–Trinajstić information content (AvgIpc) is 2.56. The van der Waals surface area contributed by atoms with Gasteiger partial charge in [0.2, 0.25) is 5.91 Å². The van der Waals surface area contributed by atoms with Gasteiger partial charge in [-0.3, -0.25) is 4.79 Å². The first-order valence-corrected chi connectivity index (χ1v) is 7.28. The summed E-state index contributed by atoms with van der Waals surface area (Å²) in [6.07, 6.45) is 1.22. The lowest BCUT2D eigenvalue weighted by Crippen LogP contribution is -2.20. The van der Waals surface area contributed by atoms with E-state index in [0.29, 0.717) is 17.9 Å². The summed E-state index contributed by atoms with van der Waals surface area (Å²) in [6, 6.07) is 12.5. The molecule has 4 heteroatoms. The Bertz CT molecular complexity index is 733. The second-order valence-corrected chi connectivity index (χ2v) is 5.25. The third-order valence-electron chi connectivity index (χ3n) is 3.53. The van der Waals surface area contributed by atoms with Crippen molar-refractivity contribution >= 4 is 11.9 Å². The number of benzene rings is 2. The predicted molar refractivity (Wildman–Crippen MR) is 89.4 cm³/mol. The van der Waals surface area contributed by atoms with Crippen LogP contribution >= 0.6 is 0 Å². The third-order valence-corrected chi connectivity index (χ3v) is 3.53. The van der Waals surface area contributed by atoms with Crippen LogP contribution in [0.4, 0.5) is 0 Å². The Balaban J connectivity index is 2.00. The second-order valence-electron chi connectivity index (χ2n) is 5.25. The Morgan fingerprint density at radius 2 is 1.78 bits per heavy atom. The molecule has 0 aliphatic carbocycles. The highest BCUT2D eigenvalue weighted by molar-refractivity contribution is 5.91. The minimum atomic E-state index is -0.407. The molecule has 1 N–H and O–H groups in total.